The van der Waals surface area contributed by atoms with Crippen LogP contribution in [0.25, 0.3) is 0 Å². The highest BCUT2D eigenvalue weighted by Gasteiger charge is 2.28. The summed E-state index contributed by atoms with van der Waals surface area (Å²) < 4.78 is 10.1. The molecule has 0 unspecified atom stereocenters. The van der Waals surface area contributed by atoms with Crippen LogP contribution in [0.15, 0.2) is 15.1 Å². The van der Waals surface area contributed by atoms with E-state index in [-0.39, 0.29) is 17.7 Å². The normalized spacial score (nSPS) is 15.3. The standard InChI is InChI=1S/C18H24N4O4/c1-11-10-16(21-25-11)19-18(24)14-6-8-22(9-7-14)17(23)5-4-15-12(2)20-26-13(15)3/h10,14H,4-9H2,1-3H3,(H,19,21,24). The van der Waals surface area contributed by atoms with E-state index in [2.05, 4.69) is 15.6 Å². The van der Waals surface area contributed by atoms with E-state index < -0.39 is 0 Å². The summed E-state index contributed by atoms with van der Waals surface area (Å²) in [5.74, 6) is 1.79. The molecule has 3 rings (SSSR count). The molecule has 0 spiro atoms. The van der Waals surface area contributed by atoms with Crippen molar-refractivity contribution in [3.63, 3.8) is 0 Å². The SMILES string of the molecule is Cc1cc(NC(=O)C2CCN(C(=O)CCc3c(C)noc3C)CC2)no1. The summed E-state index contributed by atoms with van der Waals surface area (Å²) in [7, 11) is 0. The number of amides is 2. The van der Waals surface area contributed by atoms with Crippen molar-refractivity contribution in [2.24, 2.45) is 5.92 Å². The molecule has 2 amide bonds. The fraction of sp³-hybridized carbons (Fsp3) is 0.556. The number of anilines is 1. The number of likely N-dealkylation sites (tertiary alicyclic amines) is 1. The van der Waals surface area contributed by atoms with Gasteiger partial charge in [0.15, 0.2) is 5.82 Å². The van der Waals surface area contributed by atoms with E-state index >= 15 is 0 Å². The molecule has 3 heterocycles. The third-order valence-corrected chi connectivity index (χ3v) is 4.87. The second kappa shape index (κ2) is 7.72. The maximum atomic E-state index is 12.4. The van der Waals surface area contributed by atoms with Crippen molar-refractivity contribution in [2.75, 3.05) is 18.4 Å². The van der Waals surface area contributed by atoms with Gasteiger partial charge >= 0.3 is 0 Å². The molecule has 2 aromatic heterocycles. The molecule has 2 aromatic rings. The Bertz CT molecular complexity index is 767. The number of aromatic nitrogens is 2. The van der Waals surface area contributed by atoms with E-state index in [9.17, 15) is 9.59 Å². The molecule has 1 N–H and O–H groups in total. The zero-order chi connectivity index (χ0) is 18.7. The summed E-state index contributed by atoms with van der Waals surface area (Å²) in [6.07, 6.45) is 2.36. The Morgan fingerprint density at radius 3 is 2.50 bits per heavy atom. The Balaban J connectivity index is 1.45. The van der Waals surface area contributed by atoms with E-state index in [1.165, 1.54) is 0 Å². The molecule has 8 heteroatoms. The van der Waals surface area contributed by atoms with Crippen LogP contribution in [-0.2, 0) is 16.0 Å². The van der Waals surface area contributed by atoms with Gasteiger partial charge in [0.25, 0.3) is 0 Å². The summed E-state index contributed by atoms with van der Waals surface area (Å²) in [5.41, 5.74) is 1.85. The molecule has 0 bridgehead atoms. The van der Waals surface area contributed by atoms with E-state index in [1.807, 2.05) is 18.7 Å². The first kappa shape index (κ1) is 18.2. The highest BCUT2D eigenvalue weighted by Crippen LogP contribution is 2.21. The lowest BCUT2D eigenvalue weighted by atomic mass is 9.95. The Morgan fingerprint density at radius 1 is 1.19 bits per heavy atom. The lowest BCUT2D eigenvalue weighted by molar-refractivity contribution is -0.134. The quantitative estimate of drug-likeness (QED) is 0.878. The van der Waals surface area contributed by atoms with Crippen LogP contribution in [0.3, 0.4) is 0 Å². The largest absolute Gasteiger partial charge is 0.361 e. The molecule has 1 aliphatic heterocycles. The van der Waals surface area contributed by atoms with E-state index in [1.54, 1.807) is 13.0 Å². The number of carbonyl (C=O) groups excluding carboxylic acids is 2. The zero-order valence-corrected chi connectivity index (χ0v) is 15.4. The van der Waals surface area contributed by atoms with Gasteiger partial charge in [-0.25, -0.2) is 0 Å². The predicted molar refractivity (Wildman–Crippen MR) is 93.5 cm³/mol. The summed E-state index contributed by atoms with van der Waals surface area (Å²) in [6, 6.07) is 1.69. The van der Waals surface area contributed by atoms with Gasteiger partial charge in [0, 0.05) is 37.1 Å². The van der Waals surface area contributed by atoms with Crippen LogP contribution in [0.4, 0.5) is 5.82 Å². The predicted octanol–water partition coefficient (Wildman–Crippen LogP) is 2.40. The Kier molecular flexibility index (Phi) is 5.39. The summed E-state index contributed by atoms with van der Waals surface area (Å²) in [4.78, 5) is 26.6. The van der Waals surface area contributed by atoms with E-state index in [4.69, 9.17) is 9.05 Å². The van der Waals surface area contributed by atoms with Gasteiger partial charge in [0.05, 0.1) is 5.69 Å². The number of carbonyl (C=O) groups is 2. The van der Waals surface area contributed by atoms with Crippen LogP contribution in [-0.4, -0.2) is 40.1 Å². The zero-order valence-electron chi connectivity index (χ0n) is 15.4. The first-order chi connectivity index (χ1) is 12.4. The van der Waals surface area contributed by atoms with Crippen molar-refractivity contribution in [3.8, 4) is 0 Å². The fourth-order valence-electron chi connectivity index (χ4n) is 3.29. The topological polar surface area (TPSA) is 101 Å². The molecular weight excluding hydrogens is 336 g/mol. The van der Waals surface area contributed by atoms with Gasteiger partial charge in [-0.1, -0.05) is 10.3 Å². The van der Waals surface area contributed by atoms with E-state index in [0.717, 1.165) is 17.0 Å². The van der Waals surface area contributed by atoms with Gasteiger partial charge in [0.2, 0.25) is 11.8 Å². The monoisotopic (exact) mass is 360 g/mol. The van der Waals surface area contributed by atoms with Crippen molar-refractivity contribution in [2.45, 2.75) is 46.5 Å². The number of piperidine rings is 1. The first-order valence-corrected chi connectivity index (χ1v) is 8.87. The number of hydrogen-bond donors (Lipinski definition) is 1. The Hall–Kier alpha value is -2.64. The average Bonchev–Trinajstić information content (AvgIpc) is 3.18. The Labute approximate surface area is 151 Å². The minimum Gasteiger partial charge on any atom is -0.361 e. The lowest BCUT2D eigenvalue weighted by Crippen LogP contribution is -2.41. The number of hydrogen-bond acceptors (Lipinski definition) is 6. The number of nitrogens with zero attached hydrogens (tertiary/aromatic N) is 3. The fourth-order valence-corrected chi connectivity index (χ4v) is 3.29. The van der Waals surface area contributed by atoms with Crippen LogP contribution in [0.5, 0.6) is 0 Å². The minimum absolute atomic E-state index is 0.0684. The van der Waals surface area contributed by atoms with E-state index in [0.29, 0.717) is 50.4 Å². The molecule has 26 heavy (non-hydrogen) atoms. The van der Waals surface area contributed by atoms with Gasteiger partial charge < -0.3 is 19.3 Å². The summed E-state index contributed by atoms with van der Waals surface area (Å²) >= 11 is 0. The first-order valence-electron chi connectivity index (χ1n) is 8.87. The molecule has 1 saturated heterocycles. The van der Waals surface area contributed by atoms with Gasteiger partial charge in [-0.3, -0.25) is 9.59 Å². The van der Waals surface area contributed by atoms with Crippen LogP contribution < -0.4 is 5.32 Å². The van der Waals surface area contributed by atoms with Crippen LogP contribution in [0.2, 0.25) is 0 Å². The van der Waals surface area contributed by atoms with Crippen LogP contribution in [0.1, 0.15) is 42.0 Å². The molecule has 0 atom stereocenters. The Morgan fingerprint density at radius 2 is 1.92 bits per heavy atom. The van der Waals surface area contributed by atoms with Gasteiger partial charge in [-0.15, -0.1) is 0 Å². The second-order valence-corrected chi connectivity index (χ2v) is 6.77. The van der Waals surface area contributed by atoms with Gasteiger partial charge in [-0.2, -0.15) is 0 Å². The van der Waals surface area contributed by atoms with Crippen molar-refractivity contribution < 1.29 is 18.6 Å². The summed E-state index contributed by atoms with van der Waals surface area (Å²) in [5, 5.41) is 10.5. The highest BCUT2D eigenvalue weighted by atomic mass is 16.5. The molecule has 0 radical (unpaired) electrons. The van der Waals surface area contributed by atoms with Crippen molar-refractivity contribution in [1.29, 1.82) is 0 Å². The molecular formula is C18H24N4O4. The molecule has 140 valence electrons. The third kappa shape index (κ3) is 4.12. The smallest absolute Gasteiger partial charge is 0.228 e. The minimum atomic E-state index is -0.112. The molecule has 0 saturated carbocycles. The van der Waals surface area contributed by atoms with Crippen molar-refractivity contribution in [3.05, 3.63) is 28.8 Å². The third-order valence-electron chi connectivity index (χ3n) is 4.87. The van der Waals surface area contributed by atoms with Crippen LogP contribution in [0, 0.1) is 26.7 Å². The highest BCUT2D eigenvalue weighted by molar-refractivity contribution is 5.91. The van der Waals surface area contributed by atoms with Gasteiger partial charge in [-0.05, 0) is 40.0 Å². The molecule has 0 aromatic carbocycles. The molecule has 8 nitrogen and oxygen atoms in total. The lowest BCUT2D eigenvalue weighted by Gasteiger charge is -2.31. The summed E-state index contributed by atoms with van der Waals surface area (Å²) in [6.45, 7) is 6.71. The molecule has 0 aliphatic carbocycles. The van der Waals surface area contributed by atoms with Gasteiger partial charge in [0.1, 0.15) is 11.5 Å². The molecule has 1 aliphatic rings. The maximum Gasteiger partial charge on any atom is 0.228 e. The number of rotatable bonds is 5. The van der Waals surface area contributed by atoms with Crippen LogP contribution >= 0.6 is 0 Å². The number of nitrogens with one attached hydrogen (secondary N) is 1. The van der Waals surface area contributed by atoms with Crippen molar-refractivity contribution >= 4 is 17.6 Å². The van der Waals surface area contributed by atoms with Crippen molar-refractivity contribution in [1.82, 2.24) is 15.2 Å². The maximum absolute atomic E-state index is 12.4. The molecule has 1 fully saturated rings. The number of aryl methyl sites for hydroxylation is 3. The second-order valence-electron chi connectivity index (χ2n) is 6.77. The average molecular weight is 360 g/mol.